The fourth-order valence-electron chi connectivity index (χ4n) is 3.78. The van der Waals surface area contributed by atoms with Crippen LogP contribution in [0.3, 0.4) is 0 Å². The summed E-state index contributed by atoms with van der Waals surface area (Å²) < 4.78 is 0. The van der Waals surface area contributed by atoms with E-state index in [0.717, 1.165) is 24.4 Å². The molecule has 0 aliphatic heterocycles. The topological polar surface area (TPSA) is 37.8 Å². The van der Waals surface area contributed by atoms with Crippen LogP contribution >= 0.6 is 11.3 Å². The Morgan fingerprint density at radius 1 is 1.04 bits per heavy atom. The molecule has 2 aromatic heterocycles. The second kappa shape index (κ2) is 8.22. The maximum atomic E-state index is 4.96. The van der Waals surface area contributed by atoms with Gasteiger partial charge in [-0.05, 0) is 55.0 Å². The summed E-state index contributed by atoms with van der Waals surface area (Å²) in [6.45, 7) is 4.37. The molecule has 4 rings (SSSR count). The predicted octanol–water partition coefficient (Wildman–Crippen LogP) is 6.35. The third-order valence-corrected chi connectivity index (χ3v) is 6.56. The first-order valence-electron chi connectivity index (χ1n) is 10.1. The molecule has 0 saturated heterocycles. The average Bonchev–Trinajstić information content (AvgIpc) is 3.38. The minimum Gasteiger partial charge on any atom is -0.367 e. The molecule has 3 nitrogen and oxygen atoms in total. The quantitative estimate of drug-likeness (QED) is 0.544. The fraction of sp³-hybridized carbons (Fsp3) is 0.391. The lowest BCUT2D eigenvalue weighted by molar-refractivity contribution is 0.750. The van der Waals surface area contributed by atoms with E-state index in [1.165, 1.54) is 52.3 Å². The summed E-state index contributed by atoms with van der Waals surface area (Å²) in [5.74, 6) is 0.985. The van der Waals surface area contributed by atoms with Crippen LogP contribution < -0.4 is 5.32 Å². The van der Waals surface area contributed by atoms with E-state index in [9.17, 15) is 0 Å². The number of hydrogen-bond donors (Lipinski definition) is 1. The molecule has 1 fully saturated rings. The Bertz CT molecular complexity index is 909. The fourth-order valence-corrected chi connectivity index (χ4v) is 4.80. The third-order valence-electron chi connectivity index (χ3n) is 5.31. The number of benzene rings is 1. The van der Waals surface area contributed by atoms with Crippen LogP contribution in [0.15, 0.2) is 42.6 Å². The van der Waals surface area contributed by atoms with Crippen LogP contribution in [0.4, 0.5) is 5.82 Å². The monoisotopic (exact) mass is 377 g/mol. The number of pyridine rings is 1. The smallest absolute Gasteiger partial charge is 0.126 e. The van der Waals surface area contributed by atoms with E-state index >= 15 is 0 Å². The zero-order valence-corrected chi connectivity index (χ0v) is 17.0. The number of anilines is 1. The first-order chi connectivity index (χ1) is 13.3. The van der Waals surface area contributed by atoms with E-state index in [2.05, 4.69) is 60.5 Å². The Balaban J connectivity index is 1.71. The highest BCUT2D eigenvalue weighted by molar-refractivity contribution is 7.15. The summed E-state index contributed by atoms with van der Waals surface area (Å²) in [5.41, 5.74) is 4.87. The number of thiazole rings is 1. The molecule has 0 atom stereocenters. The summed E-state index contributed by atoms with van der Waals surface area (Å²) in [4.78, 5) is 10.8. The SMILES string of the molecule is CCc1cccc(-c2nc(CC)sc2-c2ccnc(NC3CCCC3)c2)c1. The standard InChI is InChI=1S/C23H27N3S/c1-3-16-8-7-9-17(14-16)22-23(27-21(4-2)26-22)18-12-13-24-20(15-18)25-19-10-5-6-11-19/h7-9,12-15,19H,3-6,10-11H2,1-2H3,(H,24,25). The Morgan fingerprint density at radius 3 is 2.67 bits per heavy atom. The molecule has 1 saturated carbocycles. The molecule has 0 spiro atoms. The number of aromatic nitrogens is 2. The second-order valence-electron chi connectivity index (χ2n) is 7.25. The lowest BCUT2D eigenvalue weighted by Crippen LogP contribution is -2.15. The summed E-state index contributed by atoms with van der Waals surface area (Å²) in [6.07, 6.45) is 9.07. The molecule has 27 heavy (non-hydrogen) atoms. The van der Waals surface area contributed by atoms with Crippen LogP contribution in [0.5, 0.6) is 0 Å². The van der Waals surface area contributed by atoms with Crippen molar-refractivity contribution in [3.63, 3.8) is 0 Å². The molecule has 0 amide bonds. The van der Waals surface area contributed by atoms with Crippen molar-refractivity contribution < 1.29 is 0 Å². The molecular weight excluding hydrogens is 350 g/mol. The maximum Gasteiger partial charge on any atom is 0.126 e. The summed E-state index contributed by atoms with van der Waals surface area (Å²) in [7, 11) is 0. The van der Waals surface area contributed by atoms with Crippen molar-refractivity contribution in [3.05, 3.63) is 53.2 Å². The highest BCUT2D eigenvalue weighted by atomic mass is 32.1. The van der Waals surface area contributed by atoms with E-state index in [-0.39, 0.29) is 0 Å². The second-order valence-corrected chi connectivity index (χ2v) is 8.33. The van der Waals surface area contributed by atoms with Gasteiger partial charge in [-0.25, -0.2) is 9.97 Å². The molecule has 1 aromatic carbocycles. The van der Waals surface area contributed by atoms with E-state index < -0.39 is 0 Å². The van der Waals surface area contributed by atoms with Gasteiger partial charge >= 0.3 is 0 Å². The molecule has 2 heterocycles. The minimum atomic E-state index is 0.570. The Kier molecular flexibility index (Phi) is 5.53. The lowest BCUT2D eigenvalue weighted by atomic mass is 10.0. The number of aryl methyl sites for hydroxylation is 2. The summed E-state index contributed by atoms with van der Waals surface area (Å²) in [5, 5.41) is 4.81. The first-order valence-corrected chi connectivity index (χ1v) is 10.9. The van der Waals surface area contributed by atoms with Gasteiger partial charge < -0.3 is 5.32 Å². The Morgan fingerprint density at radius 2 is 1.89 bits per heavy atom. The molecule has 1 N–H and O–H groups in total. The number of nitrogens with one attached hydrogen (secondary N) is 1. The average molecular weight is 378 g/mol. The number of rotatable bonds is 6. The molecule has 4 heteroatoms. The van der Waals surface area contributed by atoms with Crippen LogP contribution in [0.1, 0.15) is 50.1 Å². The first kappa shape index (κ1) is 18.2. The predicted molar refractivity (Wildman–Crippen MR) is 115 cm³/mol. The van der Waals surface area contributed by atoms with Gasteiger partial charge in [0, 0.05) is 17.8 Å². The number of nitrogens with zero attached hydrogens (tertiary/aromatic N) is 2. The van der Waals surface area contributed by atoms with Crippen molar-refractivity contribution in [1.29, 1.82) is 0 Å². The summed E-state index contributed by atoms with van der Waals surface area (Å²) >= 11 is 1.81. The van der Waals surface area contributed by atoms with Gasteiger partial charge in [0.1, 0.15) is 5.82 Å². The highest BCUT2D eigenvalue weighted by Gasteiger charge is 2.17. The van der Waals surface area contributed by atoms with Gasteiger partial charge in [0.25, 0.3) is 0 Å². The molecule has 0 radical (unpaired) electrons. The maximum absolute atomic E-state index is 4.96. The van der Waals surface area contributed by atoms with Crippen molar-refractivity contribution in [3.8, 4) is 21.7 Å². The van der Waals surface area contributed by atoms with Crippen LogP contribution in [0.25, 0.3) is 21.7 Å². The molecule has 0 bridgehead atoms. The van der Waals surface area contributed by atoms with Crippen molar-refractivity contribution in [2.24, 2.45) is 0 Å². The Hall–Kier alpha value is -2.20. The van der Waals surface area contributed by atoms with Crippen LogP contribution in [-0.2, 0) is 12.8 Å². The molecular formula is C23H27N3S. The largest absolute Gasteiger partial charge is 0.367 e. The highest BCUT2D eigenvalue weighted by Crippen LogP contribution is 2.38. The van der Waals surface area contributed by atoms with Gasteiger partial charge in [-0.15, -0.1) is 11.3 Å². The zero-order valence-electron chi connectivity index (χ0n) is 16.2. The van der Waals surface area contributed by atoms with E-state index in [1.807, 2.05) is 6.20 Å². The third kappa shape index (κ3) is 4.06. The molecule has 1 aliphatic carbocycles. The molecule has 140 valence electrons. The normalized spacial score (nSPS) is 14.6. The van der Waals surface area contributed by atoms with E-state index in [1.54, 1.807) is 11.3 Å². The Labute approximate surface area is 165 Å². The molecule has 1 aliphatic rings. The van der Waals surface area contributed by atoms with E-state index in [0.29, 0.717) is 6.04 Å². The molecule has 3 aromatic rings. The van der Waals surface area contributed by atoms with Gasteiger partial charge in [0.2, 0.25) is 0 Å². The number of hydrogen-bond acceptors (Lipinski definition) is 4. The zero-order chi connectivity index (χ0) is 18.6. The van der Waals surface area contributed by atoms with Crippen molar-refractivity contribution in [1.82, 2.24) is 9.97 Å². The van der Waals surface area contributed by atoms with Crippen LogP contribution in [0, 0.1) is 0 Å². The van der Waals surface area contributed by atoms with Gasteiger partial charge in [-0.1, -0.05) is 44.9 Å². The summed E-state index contributed by atoms with van der Waals surface area (Å²) in [6, 6.07) is 13.7. The van der Waals surface area contributed by atoms with Crippen molar-refractivity contribution in [2.75, 3.05) is 5.32 Å². The van der Waals surface area contributed by atoms with Gasteiger partial charge in [0.15, 0.2) is 0 Å². The minimum absolute atomic E-state index is 0.570. The van der Waals surface area contributed by atoms with Crippen molar-refractivity contribution in [2.45, 2.75) is 58.4 Å². The van der Waals surface area contributed by atoms with Gasteiger partial charge in [-0.2, -0.15) is 0 Å². The van der Waals surface area contributed by atoms with Gasteiger partial charge in [0.05, 0.1) is 15.6 Å². The van der Waals surface area contributed by atoms with Crippen LogP contribution in [0.2, 0.25) is 0 Å². The van der Waals surface area contributed by atoms with Crippen LogP contribution in [-0.4, -0.2) is 16.0 Å². The van der Waals surface area contributed by atoms with Crippen molar-refractivity contribution >= 4 is 17.2 Å². The van der Waals surface area contributed by atoms with Gasteiger partial charge in [-0.3, -0.25) is 0 Å². The van der Waals surface area contributed by atoms with E-state index in [4.69, 9.17) is 4.98 Å². The lowest BCUT2D eigenvalue weighted by Gasteiger charge is -2.13. The molecule has 0 unspecified atom stereocenters.